The van der Waals surface area contributed by atoms with E-state index in [9.17, 15) is 5.11 Å². The van der Waals surface area contributed by atoms with E-state index in [4.69, 9.17) is 28.4 Å². The minimum Gasteiger partial charge on any atom is -0.493 e. The molecule has 7 nitrogen and oxygen atoms in total. The molecular weight excluding hydrogens is 388 g/mol. The molecule has 30 heavy (non-hydrogen) atoms. The molecule has 0 spiro atoms. The number of aliphatic hydroxyl groups is 1. The van der Waals surface area contributed by atoms with Crippen LogP contribution in [0.4, 0.5) is 0 Å². The van der Waals surface area contributed by atoms with Gasteiger partial charge in [0.2, 0.25) is 18.3 Å². The molecule has 0 saturated carbocycles. The number of ether oxygens (including phenoxy) is 6. The standard InChI is InChI=1S/C23H28O7/c1-11-7-13-8-16-21(30-10-29-16)22(27-5)17(13)18-14(19(24)12(11)2)9-15(25-3)20(26-4)23(18)28-6/h8-9,11-12,19,24H,7,10H2,1-6H3/t11-,12+,19-/m1/s1. The van der Waals surface area contributed by atoms with Crippen LogP contribution < -0.4 is 28.4 Å². The summed E-state index contributed by atoms with van der Waals surface area (Å²) in [6.45, 7) is 4.33. The normalized spacial score (nSPS) is 21.8. The molecule has 1 N–H and O–H groups in total. The highest BCUT2D eigenvalue weighted by Gasteiger charge is 2.37. The zero-order chi connectivity index (χ0) is 21.6. The van der Waals surface area contributed by atoms with Crippen molar-refractivity contribution in [3.8, 4) is 45.6 Å². The van der Waals surface area contributed by atoms with Gasteiger partial charge in [-0.1, -0.05) is 13.8 Å². The lowest BCUT2D eigenvalue weighted by Gasteiger charge is -2.33. The SMILES string of the molecule is COc1cc2c(c(OC)c1OC)-c1c(cc3c(c1OC)OCO3)C[C@@H](C)[C@H](C)[C@H]2O. The second-order valence-electron chi connectivity index (χ2n) is 7.77. The van der Waals surface area contributed by atoms with Crippen LogP contribution in [0.15, 0.2) is 12.1 Å². The van der Waals surface area contributed by atoms with Crippen molar-refractivity contribution in [1.29, 1.82) is 0 Å². The summed E-state index contributed by atoms with van der Waals surface area (Å²) in [4.78, 5) is 0. The molecule has 2 aromatic carbocycles. The molecule has 2 aliphatic rings. The van der Waals surface area contributed by atoms with Gasteiger partial charge >= 0.3 is 0 Å². The van der Waals surface area contributed by atoms with Gasteiger partial charge in [-0.25, -0.2) is 0 Å². The molecule has 3 atom stereocenters. The maximum atomic E-state index is 11.3. The number of hydrogen-bond acceptors (Lipinski definition) is 7. The minimum atomic E-state index is -0.730. The van der Waals surface area contributed by atoms with Crippen LogP contribution in [0.5, 0.6) is 34.5 Å². The van der Waals surface area contributed by atoms with Crippen LogP contribution in [0.2, 0.25) is 0 Å². The maximum Gasteiger partial charge on any atom is 0.231 e. The van der Waals surface area contributed by atoms with Gasteiger partial charge in [0, 0.05) is 11.1 Å². The van der Waals surface area contributed by atoms with Crippen LogP contribution in [0.3, 0.4) is 0 Å². The van der Waals surface area contributed by atoms with Gasteiger partial charge < -0.3 is 33.5 Å². The minimum absolute atomic E-state index is 0.00359. The number of hydrogen-bond donors (Lipinski definition) is 1. The van der Waals surface area contributed by atoms with Gasteiger partial charge in [0.25, 0.3) is 0 Å². The first-order chi connectivity index (χ1) is 14.5. The Kier molecular flexibility index (Phi) is 5.32. The van der Waals surface area contributed by atoms with Crippen molar-refractivity contribution in [1.82, 2.24) is 0 Å². The Bertz CT molecular complexity index is 969. The van der Waals surface area contributed by atoms with E-state index in [2.05, 4.69) is 13.8 Å². The van der Waals surface area contributed by atoms with Crippen LogP contribution >= 0.6 is 0 Å². The van der Waals surface area contributed by atoms with E-state index >= 15 is 0 Å². The molecule has 0 amide bonds. The van der Waals surface area contributed by atoms with Crippen molar-refractivity contribution in [3.05, 3.63) is 23.3 Å². The summed E-state index contributed by atoms with van der Waals surface area (Å²) in [5, 5.41) is 11.3. The van der Waals surface area contributed by atoms with Crippen LogP contribution in [0, 0.1) is 11.8 Å². The molecule has 0 bridgehead atoms. The number of methoxy groups -OCH3 is 4. The Morgan fingerprint density at radius 3 is 2.20 bits per heavy atom. The highest BCUT2D eigenvalue weighted by Crippen LogP contribution is 2.57. The van der Waals surface area contributed by atoms with E-state index in [0.29, 0.717) is 45.6 Å². The monoisotopic (exact) mass is 416 g/mol. The molecule has 1 aliphatic carbocycles. The predicted octanol–water partition coefficient (Wildman–Crippen LogP) is 3.98. The highest BCUT2D eigenvalue weighted by molar-refractivity contribution is 5.88. The summed E-state index contributed by atoms with van der Waals surface area (Å²) in [6, 6.07) is 3.82. The number of benzene rings is 2. The van der Waals surface area contributed by atoms with Crippen molar-refractivity contribution < 1.29 is 33.5 Å². The van der Waals surface area contributed by atoms with Gasteiger partial charge in [-0.05, 0) is 41.5 Å². The van der Waals surface area contributed by atoms with Gasteiger partial charge in [0.1, 0.15) is 0 Å². The Morgan fingerprint density at radius 1 is 0.867 bits per heavy atom. The molecule has 162 valence electrons. The number of rotatable bonds is 4. The first-order valence-electron chi connectivity index (χ1n) is 9.97. The van der Waals surface area contributed by atoms with Gasteiger partial charge in [0.15, 0.2) is 23.0 Å². The van der Waals surface area contributed by atoms with Crippen molar-refractivity contribution >= 4 is 0 Å². The third-order valence-corrected chi connectivity index (χ3v) is 6.27. The summed E-state index contributed by atoms with van der Waals surface area (Å²) >= 11 is 0. The van der Waals surface area contributed by atoms with Crippen LogP contribution in [0.25, 0.3) is 11.1 Å². The fraction of sp³-hybridized carbons (Fsp3) is 0.478. The van der Waals surface area contributed by atoms with Gasteiger partial charge in [-0.2, -0.15) is 0 Å². The van der Waals surface area contributed by atoms with E-state index in [1.165, 1.54) is 0 Å². The lowest BCUT2D eigenvalue weighted by molar-refractivity contribution is 0.0863. The molecular formula is C23H28O7. The summed E-state index contributed by atoms with van der Waals surface area (Å²) < 4.78 is 34.2. The van der Waals surface area contributed by atoms with Crippen molar-refractivity contribution in [2.45, 2.75) is 26.4 Å². The van der Waals surface area contributed by atoms with Crippen LogP contribution in [-0.2, 0) is 6.42 Å². The van der Waals surface area contributed by atoms with Crippen LogP contribution in [-0.4, -0.2) is 40.3 Å². The third kappa shape index (κ3) is 2.91. The lowest BCUT2D eigenvalue weighted by Crippen LogP contribution is -2.22. The van der Waals surface area contributed by atoms with Crippen molar-refractivity contribution in [2.24, 2.45) is 11.8 Å². The van der Waals surface area contributed by atoms with Gasteiger partial charge in [0.05, 0.1) is 34.5 Å². The maximum absolute atomic E-state index is 11.3. The quantitative estimate of drug-likeness (QED) is 0.808. The Labute approximate surface area is 176 Å². The summed E-state index contributed by atoms with van der Waals surface area (Å²) in [7, 11) is 6.31. The largest absolute Gasteiger partial charge is 0.493 e. The zero-order valence-corrected chi connectivity index (χ0v) is 18.2. The summed E-state index contributed by atoms with van der Waals surface area (Å²) in [5.74, 6) is 3.40. The molecule has 0 aromatic heterocycles. The Morgan fingerprint density at radius 2 is 1.57 bits per heavy atom. The Balaban J connectivity index is 2.16. The molecule has 1 heterocycles. The van der Waals surface area contributed by atoms with E-state index in [-0.39, 0.29) is 18.6 Å². The summed E-state index contributed by atoms with van der Waals surface area (Å²) in [5.41, 5.74) is 3.26. The van der Waals surface area contributed by atoms with Gasteiger partial charge in [-0.3, -0.25) is 0 Å². The van der Waals surface area contributed by atoms with Gasteiger partial charge in [-0.15, -0.1) is 0 Å². The fourth-order valence-corrected chi connectivity index (χ4v) is 4.49. The van der Waals surface area contributed by atoms with E-state index in [0.717, 1.165) is 17.5 Å². The smallest absolute Gasteiger partial charge is 0.231 e. The predicted molar refractivity (Wildman–Crippen MR) is 111 cm³/mol. The summed E-state index contributed by atoms with van der Waals surface area (Å²) in [6.07, 6.45) is 0.00399. The molecule has 0 fully saturated rings. The molecule has 0 radical (unpaired) electrons. The van der Waals surface area contributed by atoms with E-state index in [1.54, 1.807) is 28.4 Å². The van der Waals surface area contributed by atoms with E-state index in [1.807, 2.05) is 12.1 Å². The number of fused-ring (bicyclic) bond motifs is 4. The number of aliphatic hydroxyl groups excluding tert-OH is 1. The van der Waals surface area contributed by atoms with Crippen molar-refractivity contribution in [3.63, 3.8) is 0 Å². The second-order valence-corrected chi connectivity index (χ2v) is 7.77. The molecule has 0 saturated heterocycles. The van der Waals surface area contributed by atoms with Crippen molar-refractivity contribution in [2.75, 3.05) is 35.2 Å². The Hall–Kier alpha value is -2.80. The molecule has 7 heteroatoms. The zero-order valence-electron chi connectivity index (χ0n) is 18.2. The van der Waals surface area contributed by atoms with E-state index < -0.39 is 6.10 Å². The second kappa shape index (κ2) is 7.80. The highest BCUT2D eigenvalue weighted by atomic mass is 16.7. The topological polar surface area (TPSA) is 75.6 Å². The molecule has 1 aliphatic heterocycles. The molecule has 0 unspecified atom stereocenters. The van der Waals surface area contributed by atoms with Crippen LogP contribution in [0.1, 0.15) is 31.1 Å². The average Bonchev–Trinajstić information content (AvgIpc) is 3.23. The lowest BCUT2D eigenvalue weighted by atomic mass is 9.76. The fourth-order valence-electron chi connectivity index (χ4n) is 4.49. The molecule has 4 rings (SSSR count). The third-order valence-electron chi connectivity index (χ3n) is 6.27. The first kappa shape index (κ1) is 20.5. The molecule has 2 aromatic rings. The first-order valence-corrected chi connectivity index (χ1v) is 9.97. The average molecular weight is 416 g/mol.